The third-order valence-electron chi connectivity index (χ3n) is 3.22. The van der Waals surface area contributed by atoms with Gasteiger partial charge >= 0.3 is 0 Å². The molecule has 4 nitrogen and oxygen atoms in total. The average Bonchev–Trinajstić information content (AvgIpc) is 2.61. The number of alkyl halides is 3. The van der Waals surface area contributed by atoms with E-state index >= 15 is 0 Å². The highest BCUT2D eigenvalue weighted by molar-refractivity contribution is 7.80. The highest BCUT2D eigenvalue weighted by Crippen LogP contribution is 2.29. The Bertz CT molecular complexity index is 808. The maximum Gasteiger partial charge on any atom is 0.245 e. The Morgan fingerprint density at radius 3 is 2.22 bits per heavy atom. The first-order valence-electron chi connectivity index (χ1n) is 7.67. The standard InChI is InChI=1S/C18H15Cl4N3OS/c19-13-7-9-14(10-8-13)23-17(27)25-16(18(20,21)22)24-15(26)11-6-12-4-2-1-3-5-12/h1-11,16H,(H,24,26)(H2,23,25,27)/b11-6+/t16-/m1/s1. The lowest BCUT2D eigenvalue weighted by molar-refractivity contribution is -0.117. The van der Waals surface area contributed by atoms with Crippen molar-refractivity contribution in [1.82, 2.24) is 10.6 Å². The molecule has 0 saturated heterocycles. The number of hydrogen-bond acceptors (Lipinski definition) is 2. The van der Waals surface area contributed by atoms with Crippen LogP contribution in [-0.4, -0.2) is 21.0 Å². The van der Waals surface area contributed by atoms with Crippen LogP contribution in [0, 0.1) is 0 Å². The van der Waals surface area contributed by atoms with E-state index in [0.29, 0.717) is 10.7 Å². The van der Waals surface area contributed by atoms with Gasteiger partial charge < -0.3 is 16.0 Å². The lowest BCUT2D eigenvalue weighted by Crippen LogP contribution is -2.55. The van der Waals surface area contributed by atoms with Crippen LogP contribution in [0.25, 0.3) is 6.08 Å². The molecule has 0 aliphatic carbocycles. The van der Waals surface area contributed by atoms with Crippen LogP contribution in [0.15, 0.2) is 60.7 Å². The van der Waals surface area contributed by atoms with Gasteiger partial charge in [0.1, 0.15) is 6.17 Å². The number of carbonyl (C=O) groups is 1. The van der Waals surface area contributed by atoms with Crippen molar-refractivity contribution in [3.63, 3.8) is 0 Å². The zero-order valence-electron chi connectivity index (χ0n) is 13.8. The Labute approximate surface area is 182 Å². The van der Waals surface area contributed by atoms with Gasteiger partial charge in [-0.15, -0.1) is 0 Å². The normalized spacial score (nSPS) is 12.4. The van der Waals surface area contributed by atoms with Crippen LogP contribution in [-0.2, 0) is 4.79 Å². The molecule has 0 bridgehead atoms. The summed E-state index contributed by atoms with van der Waals surface area (Å²) in [6.45, 7) is 0. The largest absolute Gasteiger partial charge is 0.339 e. The fourth-order valence-corrected chi connectivity index (χ4v) is 2.65. The molecule has 0 saturated carbocycles. The molecule has 27 heavy (non-hydrogen) atoms. The topological polar surface area (TPSA) is 53.2 Å². The molecule has 0 heterocycles. The number of carbonyl (C=O) groups excluding carboxylic acids is 1. The Hall–Kier alpha value is -1.50. The fourth-order valence-electron chi connectivity index (χ4n) is 1.96. The highest BCUT2D eigenvalue weighted by atomic mass is 35.6. The van der Waals surface area contributed by atoms with Gasteiger partial charge in [0, 0.05) is 16.8 Å². The molecule has 2 rings (SSSR count). The van der Waals surface area contributed by atoms with Gasteiger partial charge in [-0.25, -0.2) is 0 Å². The first kappa shape index (κ1) is 21.8. The first-order chi connectivity index (χ1) is 12.7. The molecule has 2 aromatic rings. The van der Waals surface area contributed by atoms with Crippen LogP contribution in [0.1, 0.15) is 5.56 Å². The van der Waals surface area contributed by atoms with Gasteiger partial charge in [0.25, 0.3) is 0 Å². The summed E-state index contributed by atoms with van der Waals surface area (Å²) in [5.41, 5.74) is 1.56. The van der Waals surface area contributed by atoms with Crippen molar-refractivity contribution in [1.29, 1.82) is 0 Å². The maximum absolute atomic E-state index is 12.2. The van der Waals surface area contributed by atoms with Gasteiger partial charge in [-0.1, -0.05) is 76.7 Å². The molecular formula is C18H15Cl4N3OS. The summed E-state index contributed by atoms with van der Waals surface area (Å²) in [5, 5.41) is 9.03. The summed E-state index contributed by atoms with van der Waals surface area (Å²) >= 11 is 28.9. The van der Waals surface area contributed by atoms with Crippen molar-refractivity contribution in [3.05, 3.63) is 71.3 Å². The summed E-state index contributed by atoms with van der Waals surface area (Å²) in [7, 11) is 0. The van der Waals surface area contributed by atoms with E-state index in [1.165, 1.54) is 6.08 Å². The smallest absolute Gasteiger partial charge is 0.245 e. The van der Waals surface area contributed by atoms with Gasteiger partial charge in [-0.05, 0) is 48.1 Å². The summed E-state index contributed by atoms with van der Waals surface area (Å²) < 4.78 is -1.83. The average molecular weight is 463 g/mol. The molecule has 3 N–H and O–H groups in total. The highest BCUT2D eigenvalue weighted by Gasteiger charge is 2.34. The quantitative estimate of drug-likeness (QED) is 0.249. The Kier molecular flexibility index (Phi) is 8.20. The van der Waals surface area contributed by atoms with Crippen molar-refractivity contribution < 1.29 is 4.79 Å². The number of nitrogens with one attached hydrogen (secondary N) is 3. The number of benzene rings is 2. The minimum atomic E-state index is -1.83. The van der Waals surface area contributed by atoms with Crippen LogP contribution in [0.4, 0.5) is 5.69 Å². The first-order valence-corrected chi connectivity index (χ1v) is 9.59. The third-order valence-corrected chi connectivity index (χ3v) is 4.34. The van der Waals surface area contributed by atoms with Crippen LogP contribution in [0.3, 0.4) is 0 Å². The number of halogens is 4. The zero-order valence-corrected chi connectivity index (χ0v) is 17.6. The van der Waals surface area contributed by atoms with E-state index in [4.69, 9.17) is 58.6 Å². The van der Waals surface area contributed by atoms with Gasteiger partial charge in [-0.3, -0.25) is 4.79 Å². The third kappa shape index (κ3) is 7.95. The number of anilines is 1. The Balaban J connectivity index is 1.98. The van der Waals surface area contributed by atoms with Crippen molar-refractivity contribution in [2.45, 2.75) is 9.96 Å². The minimum absolute atomic E-state index is 0.168. The predicted molar refractivity (Wildman–Crippen MR) is 119 cm³/mol. The van der Waals surface area contributed by atoms with Crippen LogP contribution in [0.5, 0.6) is 0 Å². The second-order valence-corrected chi connectivity index (χ2v) is 8.55. The fraction of sp³-hybridized carbons (Fsp3) is 0.111. The molecule has 9 heteroatoms. The molecule has 0 aliphatic heterocycles. The lowest BCUT2D eigenvalue weighted by atomic mass is 10.2. The molecule has 2 aromatic carbocycles. The SMILES string of the molecule is O=C(/C=C/c1ccccc1)N[C@H](NC(=S)Nc1ccc(Cl)cc1)C(Cl)(Cl)Cl. The van der Waals surface area contributed by atoms with E-state index in [0.717, 1.165) is 5.56 Å². The Morgan fingerprint density at radius 2 is 1.63 bits per heavy atom. The van der Waals surface area contributed by atoms with Gasteiger partial charge in [0.05, 0.1) is 0 Å². The summed E-state index contributed by atoms with van der Waals surface area (Å²) in [6, 6.07) is 16.2. The monoisotopic (exact) mass is 461 g/mol. The van der Waals surface area contributed by atoms with Gasteiger partial charge in [-0.2, -0.15) is 0 Å². The summed E-state index contributed by atoms with van der Waals surface area (Å²) in [4.78, 5) is 12.2. The molecule has 1 amide bonds. The summed E-state index contributed by atoms with van der Waals surface area (Å²) in [5.74, 6) is -0.447. The molecule has 0 unspecified atom stereocenters. The van der Waals surface area contributed by atoms with E-state index in [1.807, 2.05) is 30.3 Å². The number of amides is 1. The second kappa shape index (κ2) is 10.2. The van der Waals surface area contributed by atoms with Crippen LogP contribution in [0.2, 0.25) is 5.02 Å². The molecule has 1 atom stereocenters. The van der Waals surface area contributed by atoms with E-state index in [-0.39, 0.29) is 5.11 Å². The molecule has 0 radical (unpaired) electrons. The molecule has 0 fully saturated rings. The molecule has 0 spiro atoms. The molecule has 0 aliphatic rings. The van der Waals surface area contributed by atoms with E-state index in [1.54, 1.807) is 30.3 Å². The van der Waals surface area contributed by atoms with Crippen LogP contribution >= 0.6 is 58.6 Å². The number of thiocarbonyl (C=S) groups is 1. The predicted octanol–water partition coefficient (Wildman–Crippen LogP) is 5.15. The van der Waals surface area contributed by atoms with Gasteiger partial charge in [0.2, 0.25) is 9.70 Å². The van der Waals surface area contributed by atoms with Crippen molar-refractivity contribution >= 4 is 81.4 Å². The Morgan fingerprint density at radius 1 is 1.00 bits per heavy atom. The van der Waals surface area contributed by atoms with Crippen molar-refractivity contribution in [3.8, 4) is 0 Å². The van der Waals surface area contributed by atoms with E-state index in [9.17, 15) is 4.79 Å². The molecule has 0 aromatic heterocycles. The van der Waals surface area contributed by atoms with Gasteiger partial charge in [0.15, 0.2) is 5.11 Å². The van der Waals surface area contributed by atoms with E-state index < -0.39 is 15.9 Å². The minimum Gasteiger partial charge on any atom is -0.339 e. The molecule has 142 valence electrons. The lowest BCUT2D eigenvalue weighted by Gasteiger charge is -2.27. The number of rotatable bonds is 5. The zero-order chi connectivity index (χ0) is 19.9. The van der Waals surface area contributed by atoms with E-state index in [2.05, 4.69) is 16.0 Å². The molecular weight excluding hydrogens is 448 g/mol. The van der Waals surface area contributed by atoms with Crippen molar-refractivity contribution in [2.24, 2.45) is 0 Å². The van der Waals surface area contributed by atoms with Crippen molar-refractivity contribution in [2.75, 3.05) is 5.32 Å². The second-order valence-electron chi connectivity index (χ2n) is 5.33. The maximum atomic E-state index is 12.2. The van der Waals surface area contributed by atoms with Crippen LogP contribution < -0.4 is 16.0 Å². The number of hydrogen-bond donors (Lipinski definition) is 3. The summed E-state index contributed by atoms with van der Waals surface area (Å²) in [6.07, 6.45) is 1.94.